The second-order valence-electron chi connectivity index (χ2n) is 7.68. The van der Waals surface area contributed by atoms with Gasteiger partial charge in [-0.2, -0.15) is 0 Å². The predicted molar refractivity (Wildman–Crippen MR) is 92.8 cm³/mol. The first-order chi connectivity index (χ1) is 10.3. The Morgan fingerprint density at radius 3 is 2.86 bits per heavy atom. The molecule has 1 heterocycles. The summed E-state index contributed by atoms with van der Waals surface area (Å²) in [6.07, 6.45) is 7.15. The largest absolute Gasteiger partial charge is 0.490 e. The average Bonchev–Trinajstić information content (AvgIpc) is 2.76. The molecule has 2 rings (SSSR count). The standard InChI is InChI=1S/C20H30O2/c1-15(7-6-11-20(3,4)5)10-12-21-18-9-8-17-13-16(2)22-19(17)14-18/h8-10,14,16H,6-7,11-13H2,1-5H3. The Bertz CT molecular complexity index is 523. The van der Waals surface area contributed by atoms with E-state index in [2.05, 4.69) is 46.8 Å². The molecule has 1 aromatic carbocycles. The van der Waals surface area contributed by atoms with Gasteiger partial charge in [-0.05, 0) is 56.2 Å². The van der Waals surface area contributed by atoms with Gasteiger partial charge in [-0.3, -0.25) is 0 Å². The van der Waals surface area contributed by atoms with Crippen LogP contribution in [0.4, 0.5) is 0 Å². The smallest absolute Gasteiger partial charge is 0.126 e. The van der Waals surface area contributed by atoms with E-state index in [0.29, 0.717) is 12.0 Å². The molecule has 0 saturated carbocycles. The van der Waals surface area contributed by atoms with Gasteiger partial charge in [0.1, 0.15) is 24.2 Å². The van der Waals surface area contributed by atoms with Crippen LogP contribution in [0.1, 0.15) is 59.4 Å². The van der Waals surface area contributed by atoms with Gasteiger partial charge in [-0.15, -0.1) is 0 Å². The van der Waals surface area contributed by atoms with Crippen molar-refractivity contribution in [1.29, 1.82) is 0 Å². The van der Waals surface area contributed by atoms with Gasteiger partial charge in [0.05, 0.1) is 0 Å². The highest BCUT2D eigenvalue weighted by Gasteiger charge is 2.19. The van der Waals surface area contributed by atoms with Gasteiger partial charge in [-0.1, -0.05) is 32.4 Å². The zero-order chi connectivity index (χ0) is 16.2. The van der Waals surface area contributed by atoms with Crippen LogP contribution in [0, 0.1) is 5.41 Å². The molecule has 1 aliphatic rings. The molecule has 0 saturated heterocycles. The Morgan fingerprint density at radius 1 is 1.36 bits per heavy atom. The van der Waals surface area contributed by atoms with E-state index in [-0.39, 0.29) is 6.10 Å². The summed E-state index contributed by atoms with van der Waals surface area (Å²) in [4.78, 5) is 0. The summed E-state index contributed by atoms with van der Waals surface area (Å²) in [6.45, 7) is 11.8. The second-order valence-corrected chi connectivity index (χ2v) is 7.68. The van der Waals surface area contributed by atoms with E-state index in [0.717, 1.165) is 24.3 Å². The maximum Gasteiger partial charge on any atom is 0.126 e. The third kappa shape index (κ3) is 5.40. The van der Waals surface area contributed by atoms with Crippen molar-refractivity contribution in [3.05, 3.63) is 35.4 Å². The van der Waals surface area contributed by atoms with E-state index in [1.807, 2.05) is 12.1 Å². The molecule has 0 aromatic heterocycles. The van der Waals surface area contributed by atoms with Crippen LogP contribution in [0.2, 0.25) is 0 Å². The minimum absolute atomic E-state index is 0.287. The fourth-order valence-electron chi connectivity index (χ4n) is 2.75. The minimum Gasteiger partial charge on any atom is -0.490 e. The molecule has 122 valence electrons. The number of fused-ring (bicyclic) bond motifs is 1. The summed E-state index contributed by atoms with van der Waals surface area (Å²) in [5.41, 5.74) is 3.13. The van der Waals surface area contributed by atoms with E-state index in [9.17, 15) is 0 Å². The molecule has 0 radical (unpaired) electrons. The van der Waals surface area contributed by atoms with Crippen LogP contribution in [0.25, 0.3) is 0 Å². The van der Waals surface area contributed by atoms with Gasteiger partial charge in [0.2, 0.25) is 0 Å². The summed E-state index contributed by atoms with van der Waals surface area (Å²) in [5.74, 6) is 1.88. The van der Waals surface area contributed by atoms with Gasteiger partial charge in [0.15, 0.2) is 0 Å². The summed E-state index contributed by atoms with van der Waals surface area (Å²) in [6, 6.07) is 6.18. The van der Waals surface area contributed by atoms with Crippen LogP contribution in [0.15, 0.2) is 29.8 Å². The Hall–Kier alpha value is -1.44. The van der Waals surface area contributed by atoms with E-state index in [4.69, 9.17) is 9.47 Å². The molecule has 0 amide bonds. The first-order valence-corrected chi connectivity index (χ1v) is 8.41. The number of rotatable bonds is 6. The zero-order valence-electron chi connectivity index (χ0n) is 14.7. The van der Waals surface area contributed by atoms with Crippen molar-refractivity contribution in [2.75, 3.05) is 6.61 Å². The van der Waals surface area contributed by atoms with Crippen LogP contribution in [0.3, 0.4) is 0 Å². The van der Waals surface area contributed by atoms with Crippen LogP contribution in [0.5, 0.6) is 11.5 Å². The molecule has 0 fully saturated rings. The number of ether oxygens (including phenoxy) is 2. The molecule has 1 aliphatic heterocycles. The lowest BCUT2D eigenvalue weighted by atomic mass is 9.89. The molecule has 0 bridgehead atoms. The Balaban J connectivity index is 1.76. The molecule has 2 heteroatoms. The molecular weight excluding hydrogens is 272 g/mol. The Morgan fingerprint density at radius 2 is 2.14 bits per heavy atom. The first kappa shape index (κ1) is 16.9. The van der Waals surface area contributed by atoms with Crippen molar-refractivity contribution in [2.45, 2.75) is 66.4 Å². The Kier molecular flexibility index (Phi) is 5.55. The summed E-state index contributed by atoms with van der Waals surface area (Å²) < 4.78 is 11.6. The molecule has 22 heavy (non-hydrogen) atoms. The lowest BCUT2D eigenvalue weighted by Gasteiger charge is -2.17. The van der Waals surface area contributed by atoms with Gasteiger partial charge in [-0.25, -0.2) is 0 Å². The van der Waals surface area contributed by atoms with Crippen molar-refractivity contribution in [1.82, 2.24) is 0 Å². The highest BCUT2D eigenvalue weighted by molar-refractivity contribution is 5.43. The van der Waals surface area contributed by atoms with Gasteiger partial charge >= 0.3 is 0 Å². The fraction of sp³-hybridized carbons (Fsp3) is 0.600. The highest BCUT2D eigenvalue weighted by atomic mass is 16.5. The number of hydrogen-bond donors (Lipinski definition) is 0. The predicted octanol–water partition coefficient (Wildman–Crippen LogP) is 5.55. The SMILES string of the molecule is CC(=CCOc1ccc2c(c1)OC(C)C2)CCCC(C)(C)C. The van der Waals surface area contributed by atoms with Crippen molar-refractivity contribution < 1.29 is 9.47 Å². The third-order valence-corrected chi connectivity index (χ3v) is 4.05. The zero-order valence-corrected chi connectivity index (χ0v) is 14.7. The number of benzene rings is 1. The maximum atomic E-state index is 5.83. The number of allylic oxidation sites excluding steroid dienone is 1. The number of hydrogen-bond acceptors (Lipinski definition) is 2. The molecule has 1 aromatic rings. The lowest BCUT2D eigenvalue weighted by molar-refractivity contribution is 0.253. The van der Waals surface area contributed by atoms with E-state index >= 15 is 0 Å². The Labute approximate surface area is 135 Å². The molecule has 0 spiro atoms. The molecule has 1 unspecified atom stereocenters. The lowest BCUT2D eigenvalue weighted by Crippen LogP contribution is -2.05. The van der Waals surface area contributed by atoms with E-state index < -0.39 is 0 Å². The first-order valence-electron chi connectivity index (χ1n) is 8.41. The monoisotopic (exact) mass is 302 g/mol. The summed E-state index contributed by atoms with van der Waals surface area (Å²) in [5, 5.41) is 0. The molecule has 0 N–H and O–H groups in total. The maximum absolute atomic E-state index is 5.83. The third-order valence-electron chi connectivity index (χ3n) is 4.05. The van der Waals surface area contributed by atoms with Crippen LogP contribution in [-0.2, 0) is 6.42 Å². The highest BCUT2D eigenvalue weighted by Crippen LogP contribution is 2.32. The van der Waals surface area contributed by atoms with Crippen molar-refractivity contribution in [3.8, 4) is 11.5 Å². The van der Waals surface area contributed by atoms with Crippen molar-refractivity contribution in [2.24, 2.45) is 5.41 Å². The average molecular weight is 302 g/mol. The normalized spacial score (nSPS) is 18.0. The molecule has 1 atom stereocenters. The minimum atomic E-state index is 0.287. The van der Waals surface area contributed by atoms with Crippen molar-refractivity contribution in [3.63, 3.8) is 0 Å². The van der Waals surface area contributed by atoms with Crippen LogP contribution >= 0.6 is 0 Å². The quantitative estimate of drug-likeness (QED) is 0.641. The summed E-state index contributed by atoms with van der Waals surface area (Å²) in [7, 11) is 0. The molecule has 2 nitrogen and oxygen atoms in total. The van der Waals surface area contributed by atoms with E-state index in [1.54, 1.807) is 0 Å². The fourth-order valence-corrected chi connectivity index (χ4v) is 2.75. The van der Waals surface area contributed by atoms with Gasteiger partial charge in [0, 0.05) is 12.5 Å². The molecule has 0 aliphatic carbocycles. The van der Waals surface area contributed by atoms with Gasteiger partial charge < -0.3 is 9.47 Å². The van der Waals surface area contributed by atoms with Gasteiger partial charge in [0.25, 0.3) is 0 Å². The van der Waals surface area contributed by atoms with Crippen LogP contribution < -0.4 is 9.47 Å². The second kappa shape index (κ2) is 7.21. The molecular formula is C20H30O2. The summed E-state index contributed by atoms with van der Waals surface area (Å²) >= 11 is 0. The topological polar surface area (TPSA) is 18.5 Å². The van der Waals surface area contributed by atoms with Crippen molar-refractivity contribution >= 4 is 0 Å². The van der Waals surface area contributed by atoms with Crippen LogP contribution in [-0.4, -0.2) is 12.7 Å². The van der Waals surface area contributed by atoms with E-state index in [1.165, 1.54) is 24.0 Å².